The number of hydrogen-bond acceptors (Lipinski definition) is 2. The Bertz CT molecular complexity index is 383. The lowest BCUT2D eigenvalue weighted by Gasteiger charge is -2.06. The van der Waals surface area contributed by atoms with Crippen molar-refractivity contribution < 1.29 is 9.84 Å². The number of aliphatic hydroxyl groups is 1. The van der Waals surface area contributed by atoms with Crippen molar-refractivity contribution in [3.63, 3.8) is 0 Å². The zero-order valence-electron chi connectivity index (χ0n) is 13.6. The summed E-state index contributed by atoms with van der Waals surface area (Å²) in [6.07, 6.45) is 7.54. The Kier molecular flexibility index (Phi) is 10.8. The normalized spacial score (nSPS) is 11.9. The highest BCUT2D eigenvalue weighted by Gasteiger charge is 2.00. The van der Waals surface area contributed by atoms with Crippen molar-refractivity contribution in [2.75, 3.05) is 13.7 Å². The Morgan fingerprint density at radius 1 is 1.30 bits per heavy atom. The number of rotatable bonds is 7. The van der Waals surface area contributed by atoms with Crippen molar-refractivity contribution in [1.82, 2.24) is 0 Å². The van der Waals surface area contributed by atoms with Gasteiger partial charge in [0.25, 0.3) is 0 Å². The molecule has 1 aromatic rings. The third-order valence-electron chi connectivity index (χ3n) is 3.06. The zero-order valence-corrected chi connectivity index (χ0v) is 13.6. The lowest BCUT2D eigenvalue weighted by atomic mass is 10.0. The number of hydrogen-bond donors (Lipinski definition) is 1. The molecule has 2 heteroatoms. The monoisotopic (exact) mass is 278 g/mol. The van der Waals surface area contributed by atoms with Gasteiger partial charge >= 0.3 is 0 Å². The van der Waals surface area contributed by atoms with Crippen LogP contribution in [0.2, 0.25) is 0 Å². The maximum Gasteiger partial charge on any atom is 0.126 e. The van der Waals surface area contributed by atoms with Gasteiger partial charge in [-0.1, -0.05) is 44.6 Å². The van der Waals surface area contributed by atoms with Crippen molar-refractivity contribution in [3.8, 4) is 5.75 Å². The molecular formula is C18H30O2. The fourth-order valence-corrected chi connectivity index (χ4v) is 1.87. The Balaban J connectivity index is 0.00000172. The fourth-order valence-electron chi connectivity index (χ4n) is 1.87. The molecular weight excluding hydrogens is 248 g/mol. The minimum Gasteiger partial charge on any atom is -0.496 e. The minimum atomic E-state index is 0.287. The average Bonchev–Trinajstić information content (AvgIpc) is 2.49. The molecule has 1 rings (SSSR count). The Morgan fingerprint density at radius 3 is 2.60 bits per heavy atom. The van der Waals surface area contributed by atoms with Crippen LogP contribution in [0, 0.1) is 12.8 Å². The Morgan fingerprint density at radius 2 is 2.00 bits per heavy atom. The first-order chi connectivity index (χ1) is 9.67. The first-order valence-corrected chi connectivity index (χ1v) is 7.59. The molecule has 1 atom stereocenters. The van der Waals surface area contributed by atoms with Crippen molar-refractivity contribution >= 4 is 6.08 Å². The van der Waals surface area contributed by atoms with E-state index in [1.807, 2.05) is 19.9 Å². The van der Waals surface area contributed by atoms with Gasteiger partial charge in [0.05, 0.1) is 7.11 Å². The lowest BCUT2D eigenvalue weighted by Crippen LogP contribution is -1.99. The van der Waals surface area contributed by atoms with Crippen LogP contribution in [0.15, 0.2) is 24.3 Å². The highest BCUT2D eigenvalue weighted by Crippen LogP contribution is 2.21. The van der Waals surface area contributed by atoms with Crippen molar-refractivity contribution in [3.05, 3.63) is 35.4 Å². The second-order valence-corrected chi connectivity index (χ2v) is 4.87. The van der Waals surface area contributed by atoms with Crippen molar-refractivity contribution in [2.24, 2.45) is 5.92 Å². The summed E-state index contributed by atoms with van der Waals surface area (Å²) in [6, 6.07) is 6.19. The third kappa shape index (κ3) is 7.34. The molecule has 0 saturated carbocycles. The molecule has 1 N–H and O–H groups in total. The van der Waals surface area contributed by atoms with E-state index >= 15 is 0 Å². The smallest absolute Gasteiger partial charge is 0.126 e. The number of aryl methyl sites for hydroxylation is 1. The summed E-state index contributed by atoms with van der Waals surface area (Å²) in [5.41, 5.74) is 2.37. The molecule has 0 fully saturated rings. The first-order valence-electron chi connectivity index (χ1n) is 7.59. The van der Waals surface area contributed by atoms with Crippen LogP contribution in [0.25, 0.3) is 6.08 Å². The van der Waals surface area contributed by atoms with E-state index in [1.165, 1.54) is 5.56 Å². The average molecular weight is 278 g/mol. The molecule has 0 spiro atoms. The number of methoxy groups -OCH3 is 1. The van der Waals surface area contributed by atoms with Gasteiger partial charge in [0.2, 0.25) is 0 Å². The van der Waals surface area contributed by atoms with Crippen molar-refractivity contribution in [1.29, 1.82) is 0 Å². The first kappa shape index (κ1) is 18.7. The van der Waals surface area contributed by atoms with Crippen LogP contribution < -0.4 is 4.74 Å². The summed E-state index contributed by atoms with van der Waals surface area (Å²) in [5.74, 6) is 1.33. The van der Waals surface area contributed by atoms with E-state index in [1.54, 1.807) is 7.11 Å². The summed E-state index contributed by atoms with van der Waals surface area (Å²) >= 11 is 0. The van der Waals surface area contributed by atoms with E-state index in [-0.39, 0.29) is 6.61 Å². The van der Waals surface area contributed by atoms with Crippen molar-refractivity contribution in [2.45, 2.75) is 47.0 Å². The largest absolute Gasteiger partial charge is 0.496 e. The highest BCUT2D eigenvalue weighted by molar-refractivity contribution is 5.58. The number of aliphatic hydroxyl groups excluding tert-OH is 1. The van der Waals surface area contributed by atoms with E-state index < -0.39 is 0 Å². The van der Waals surface area contributed by atoms with Gasteiger partial charge in [-0.25, -0.2) is 0 Å². The topological polar surface area (TPSA) is 29.5 Å². The summed E-state index contributed by atoms with van der Waals surface area (Å²) < 4.78 is 5.33. The van der Waals surface area contributed by atoms with Gasteiger partial charge in [0, 0.05) is 12.2 Å². The molecule has 0 radical (unpaired) electrons. The van der Waals surface area contributed by atoms with E-state index in [0.717, 1.165) is 30.6 Å². The maximum absolute atomic E-state index is 8.93. The molecule has 0 bridgehead atoms. The third-order valence-corrected chi connectivity index (χ3v) is 3.06. The molecule has 114 valence electrons. The highest BCUT2D eigenvalue weighted by atomic mass is 16.5. The van der Waals surface area contributed by atoms with Gasteiger partial charge in [-0.3, -0.25) is 0 Å². The van der Waals surface area contributed by atoms with Gasteiger partial charge in [-0.05, 0) is 44.2 Å². The molecule has 0 aromatic heterocycles. The number of allylic oxidation sites excluding steroid dienone is 1. The molecule has 1 aromatic carbocycles. The molecule has 0 amide bonds. The lowest BCUT2D eigenvalue weighted by molar-refractivity contribution is 0.228. The minimum absolute atomic E-state index is 0.287. The van der Waals surface area contributed by atoms with E-state index in [9.17, 15) is 0 Å². The zero-order chi connectivity index (χ0) is 15.4. The summed E-state index contributed by atoms with van der Waals surface area (Å²) in [6.45, 7) is 8.45. The van der Waals surface area contributed by atoms with E-state index in [2.05, 4.69) is 38.1 Å². The molecule has 0 aliphatic carbocycles. The van der Waals surface area contributed by atoms with Gasteiger partial charge in [-0.15, -0.1) is 0 Å². The summed E-state index contributed by atoms with van der Waals surface area (Å²) in [7, 11) is 1.70. The SMILES string of the molecule is CC.COc1ccc(C)cc1/C=C/CCCC(C)CO. The fraction of sp³-hybridized carbons (Fsp3) is 0.556. The summed E-state index contributed by atoms with van der Waals surface area (Å²) in [5, 5.41) is 8.93. The van der Waals surface area contributed by atoms with Crippen LogP contribution in [0.3, 0.4) is 0 Å². The molecule has 20 heavy (non-hydrogen) atoms. The quantitative estimate of drug-likeness (QED) is 0.723. The van der Waals surface area contributed by atoms with E-state index in [0.29, 0.717) is 5.92 Å². The van der Waals surface area contributed by atoms with Gasteiger partial charge in [0.15, 0.2) is 0 Å². The van der Waals surface area contributed by atoms with Crippen LogP contribution in [-0.2, 0) is 0 Å². The molecule has 2 nitrogen and oxygen atoms in total. The van der Waals surface area contributed by atoms with Crippen LogP contribution in [0.5, 0.6) is 5.75 Å². The predicted octanol–water partition coefficient (Wildman–Crippen LogP) is 4.84. The molecule has 0 aliphatic heterocycles. The van der Waals surface area contributed by atoms with Gasteiger partial charge in [0.1, 0.15) is 5.75 Å². The summed E-state index contributed by atoms with van der Waals surface area (Å²) in [4.78, 5) is 0. The number of ether oxygens (including phenoxy) is 1. The van der Waals surface area contributed by atoms with Crippen LogP contribution in [0.1, 0.15) is 51.2 Å². The molecule has 0 saturated heterocycles. The molecule has 1 unspecified atom stereocenters. The second kappa shape index (κ2) is 11.5. The Hall–Kier alpha value is -1.28. The van der Waals surface area contributed by atoms with Crippen LogP contribution in [-0.4, -0.2) is 18.8 Å². The van der Waals surface area contributed by atoms with Crippen LogP contribution in [0.4, 0.5) is 0 Å². The predicted molar refractivity (Wildman–Crippen MR) is 88.2 cm³/mol. The molecule has 0 aliphatic rings. The Labute approximate surface area is 124 Å². The van der Waals surface area contributed by atoms with Gasteiger partial charge < -0.3 is 9.84 Å². The van der Waals surface area contributed by atoms with E-state index in [4.69, 9.17) is 9.84 Å². The van der Waals surface area contributed by atoms with Gasteiger partial charge in [-0.2, -0.15) is 0 Å². The van der Waals surface area contributed by atoms with Crippen LogP contribution >= 0.6 is 0 Å². The number of unbranched alkanes of at least 4 members (excludes halogenated alkanes) is 1. The molecule has 0 heterocycles. The standard InChI is InChI=1S/C16H24O2.C2H6/c1-13-9-10-16(18-3)15(11-13)8-6-4-5-7-14(2)12-17;1-2/h6,8-11,14,17H,4-5,7,12H2,1-3H3;1-2H3/b8-6+;. The maximum atomic E-state index is 8.93. The number of benzene rings is 1. The second-order valence-electron chi connectivity index (χ2n) is 4.87.